The van der Waals surface area contributed by atoms with Gasteiger partial charge in [0.1, 0.15) is 0 Å². The predicted octanol–water partition coefficient (Wildman–Crippen LogP) is 3.03. The predicted molar refractivity (Wildman–Crippen MR) is 68.9 cm³/mol. The van der Waals surface area contributed by atoms with Gasteiger partial charge in [0.2, 0.25) is 0 Å². The third-order valence-electron chi connectivity index (χ3n) is 3.40. The summed E-state index contributed by atoms with van der Waals surface area (Å²) in [6, 6.07) is 5.52. The first-order valence-corrected chi connectivity index (χ1v) is 6.35. The molecule has 1 atom stereocenters. The Morgan fingerprint density at radius 1 is 1.44 bits per heavy atom. The van der Waals surface area contributed by atoms with Crippen LogP contribution in [-0.4, -0.2) is 16.9 Å². The second-order valence-corrected chi connectivity index (χ2v) is 5.45. The van der Waals surface area contributed by atoms with Crippen molar-refractivity contribution >= 4 is 11.8 Å². The van der Waals surface area contributed by atoms with Gasteiger partial charge in [-0.25, -0.2) is 0 Å². The van der Waals surface area contributed by atoms with Crippen molar-refractivity contribution in [1.82, 2.24) is 0 Å². The van der Waals surface area contributed by atoms with Crippen LogP contribution in [0.3, 0.4) is 0 Å². The highest BCUT2D eigenvalue weighted by Crippen LogP contribution is 2.37. The molecule has 1 aliphatic carbocycles. The molecular formula is C15H18O3. The molecule has 3 heteroatoms. The molecule has 0 amide bonds. The van der Waals surface area contributed by atoms with Gasteiger partial charge in [-0.05, 0) is 35.4 Å². The summed E-state index contributed by atoms with van der Waals surface area (Å²) in [5, 5.41) is 8.77. The Bertz CT molecular complexity index is 489. The molecule has 0 saturated heterocycles. The van der Waals surface area contributed by atoms with Crippen molar-refractivity contribution in [3.63, 3.8) is 0 Å². The molecule has 18 heavy (non-hydrogen) atoms. The molecule has 0 aromatic heterocycles. The fourth-order valence-corrected chi connectivity index (χ4v) is 2.71. The van der Waals surface area contributed by atoms with E-state index in [2.05, 4.69) is 13.8 Å². The number of rotatable bonds is 4. The highest BCUT2D eigenvalue weighted by atomic mass is 16.4. The Balaban J connectivity index is 2.28. The van der Waals surface area contributed by atoms with Crippen molar-refractivity contribution in [2.75, 3.05) is 0 Å². The van der Waals surface area contributed by atoms with Crippen molar-refractivity contribution in [1.29, 1.82) is 0 Å². The number of aliphatic carboxylic acids is 1. The number of carbonyl (C=O) groups excluding carboxylic acids is 1. The van der Waals surface area contributed by atoms with Crippen LogP contribution >= 0.6 is 0 Å². The molecule has 0 spiro atoms. The van der Waals surface area contributed by atoms with E-state index in [-0.39, 0.29) is 12.2 Å². The van der Waals surface area contributed by atoms with Gasteiger partial charge in [-0.15, -0.1) is 0 Å². The Morgan fingerprint density at radius 2 is 2.17 bits per heavy atom. The second-order valence-electron chi connectivity index (χ2n) is 5.45. The SMILES string of the molecule is CC(C)CC1CC(=O)c2cc(CC(=O)O)ccc21. The van der Waals surface area contributed by atoms with Crippen LogP contribution in [0.5, 0.6) is 0 Å². The largest absolute Gasteiger partial charge is 0.481 e. The summed E-state index contributed by atoms with van der Waals surface area (Å²) in [7, 11) is 0. The zero-order valence-corrected chi connectivity index (χ0v) is 10.8. The maximum Gasteiger partial charge on any atom is 0.307 e. The number of carboxylic acid groups (broad SMARTS) is 1. The summed E-state index contributed by atoms with van der Waals surface area (Å²) in [5.74, 6) is 0.167. The van der Waals surface area contributed by atoms with Crippen LogP contribution in [0.2, 0.25) is 0 Å². The molecule has 0 bridgehead atoms. The number of ketones is 1. The minimum atomic E-state index is -0.862. The molecule has 1 aromatic rings. The van der Waals surface area contributed by atoms with Gasteiger partial charge in [0.25, 0.3) is 0 Å². The molecule has 0 heterocycles. The fourth-order valence-electron chi connectivity index (χ4n) is 2.71. The van der Waals surface area contributed by atoms with Gasteiger partial charge in [0, 0.05) is 12.0 Å². The van der Waals surface area contributed by atoms with Gasteiger partial charge < -0.3 is 5.11 Å². The van der Waals surface area contributed by atoms with Crippen LogP contribution < -0.4 is 0 Å². The normalized spacial score (nSPS) is 18.2. The van der Waals surface area contributed by atoms with Gasteiger partial charge in [-0.3, -0.25) is 9.59 Å². The summed E-state index contributed by atoms with van der Waals surface area (Å²) in [5.41, 5.74) is 2.54. The molecule has 3 nitrogen and oxygen atoms in total. The summed E-state index contributed by atoms with van der Waals surface area (Å²) in [6.45, 7) is 4.31. The third kappa shape index (κ3) is 2.61. The first kappa shape index (κ1) is 12.8. The lowest BCUT2D eigenvalue weighted by Gasteiger charge is -2.13. The minimum Gasteiger partial charge on any atom is -0.481 e. The zero-order chi connectivity index (χ0) is 13.3. The van der Waals surface area contributed by atoms with Crippen LogP contribution in [0, 0.1) is 5.92 Å². The number of Topliss-reactive ketones (excluding diaryl/α,β-unsaturated/α-hetero) is 1. The maximum absolute atomic E-state index is 11.9. The maximum atomic E-state index is 11.9. The summed E-state index contributed by atoms with van der Waals surface area (Å²) in [6.07, 6.45) is 1.57. The molecule has 1 aromatic carbocycles. The third-order valence-corrected chi connectivity index (χ3v) is 3.40. The van der Waals surface area contributed by atoms with Crippen LogP contribution in [-0.2, 0) is 11.2 Å². The van der Waals surface area contributed by atoms with E-state index in [1.165, 1.54) is 0 Å². The van der Waals surface area contributed by atoms with Crippen LogP contribution in [0.4, 0.5) is 0 Å². The van der Waals surface area contributed by atoms with E-state index in [0.717, 1.165) is 17.5 Å². The Hall–Kier alpha value is -1.64. The summed E-state index contributed by atoms with van der Waals surface area (Å²) in [4.78, 5) is 22.6. The highest BCUT2D eigenvalue weighted by Gasteiger charge is 2.29. The quantitative estimate of drug-likeness (QED) is 0.888. The first-order chi connectivity index (χ1) is 8.47. The van der Waals surface area contributed by atoms with E-state index in [0.29, 0.717) is 23.8 Å². The lowest BCUT2D eigenvalue weighted by Crippen LogP contribution is -2.02. The molecule has 0 radical (unpaired) electrons. The van der Waals surface area contributed by atoms with Gasteiger partial charge in [-0.1, -0.05) is 26.0 Å². The number of fused-ring (bicyclic) bond motifs is 1. The van der Waals surface area contributed by atoms with E-state index in [1.807, 2.05) is 12.1 Å². The molecule has 0 aliphatic heterocycles. The van der Waals surface area contributed by atoms with E-state index in [4.69, 9.17) is 5.11 Å². The standard InChI is InChI=1S/C15H18O3/c1-9(2)5-11-8-14(16)13-6-10(7-15(17)18)3-4-12(11)13/h3-4,6,9,11H,5,7-8H2,1-2H3,(H,17,18). The number of carbonyl (C=O) groups is 2. The molecule has 0 saturated carbocycles. The first-order valence-electron chi connectivity index (χ1n) is 6.35. The van der Waals surface area contributed by atoms with Gasteiger partial charge >= 0.3 is 5.97 Å². The Morgan fingerprint density at radius 3 is 2.78 bits per heavy atom. The average Bonchev–Trinajstić information content (AvgIpc) is 2.54. The average molecular weight is 246 g/mol. The van der Waals surface area contributed by atoms with Crippen molar-refractivity contribution < 1.29 is 14.7 Å². The molecular weight excluding hydrogens is 228 g/mol. The topological polar surface area (TPSA) is 54.4 Å². The molecule has 1 aliphatic rings. The number of hydrogen-bond donors (Lipinski definition) is 1. The fraction of sp³-hybridized carbons (Fsp3) is 0.467. The molecule has 1 N–H and O–H groups in total. The molecule has 2 rings (SSSR count). The van der Waals surface area contributed by atoms with Crippen molar-refractivity contribution in [2.24, 2.45) is 5.92 Å². The van der Waals surface area contributed by atoms with Crippen molar-refractivity contribution in [2.45, 2.75) is 39.0 Å². The lowest BCUT2D eigenvalue weighted by atomic mass is 9.91. The Kier molecular flexibility index (Phi) is 3.50. The van der Waals surface area contributed by atoms with Crippen molar-refractivity contribution in [3.05, 3.63) is 34.9 Å². The van der Waals surface area contributed by atoms with Crippen LogP contribution in [0.1, 0.15) is 54.1 Å². The molecule has 0 fully saturated rings. The molecule has 96 valence electrons. The van der Waals surface area contributed by atoms with E-state index < -0.39 is 5.97 Å². The highest BCUT2D eigenvalue weighted by molar-refractivity contribution is 6.01. The van der Waals surface area contributed by atoms with Gasteiger partial charge in [0.15, 0.2) is 5.78 Å². The second kappa shape index (κ2) is 4.92. The smallest absolute Gasteiger partial charge is 0.307 e. The van der Waals surface area contributed by atoms with Crippen LogP contribution in [0.15, 0.2) is 18.2 Å². The molecule has 1 unspecified atom stereocenters. The zero-order valence-electron chi connectivity index (χ0n) is 10.8. The van der Waals surface area contributed by atoms with Crippen molar-refractivity contribution in [3.8, 4) is 0 Å². The number of carboxylic acids is 1. The van der Waals surface area contributed by atoms with E-state index >= 15 is 0 Å². The minimum absolute atomic E-state index is 0.0184. The Labute approximate surface area is 107 Å². The van der Waals surface area contributed by atoms with Gasteiger partial charge in [0.05, 0.1) is 6.42 Å². The van der Waals surface area contributed by atoms with E-state index in [1.54, 1.807) is 6.07 Å². The number of benzene rings is 1. The van der Waals surface area contributed by atoms with Crippen LogP contribution in [0.25, 0.3) is 0 Å². The monoisotopic (exact) mass is 246 g/mol. The van der Waals surface area contributed by atoms with Gasteiger partial charge in [-0.2, -0.15) is 0 Å². The summed E-state index contributed by atoms with van der Waals surface area (Å²) < 4.78 is 0. The lowest BCUT2D eigenvalue weighted by molar-refractivity contribution is -0.136. The van der Waals surface area contributed by atoms with E-state index in [9.17, 15) is 9.59 Å². The summed E-state index contributed by atoms with van der Waals surface area (Å²) >= 11 is 0. The number of hydrogen-bond acceptors (Lipinski definition) is 2.